The van der Waals surface area contributed by atoms with Gasteiger partial charge in [0.25, 0.3) is 5.91 Å². The molecule has 0 aliphatic carbocycles. The van der Waals surface area contributed by atoms with Gasteiger partial charge in [-0.1, -0.05) is 0 Å². The molecule has 0 bridgehead atoms. The van der Waals surface area contributed by atoms with Gasteiger partial charge in [0.2, 0.25) is 0 Å². The lowest BCUT2D eigenvalue weighted by Crippen LogP contribution is -2.31. The fourth-order valence-electron chi connectivity index (χ4n) is 1.65. The number of nitro groups is 1. The van der Waals surface area contributed by atoms with Crippen LogP contribution in [0.4, 0.5) is 5.69 Å². The summed E-state index contributed by atoms with van der Waals surface area (Å²) in [6.45, 7) is 2.13. The summed E-state index contributed by atoms with van der Waals surface area (Å²) in [7, 11) is 2.93. The van der Waals surface area contributed by atoms with Crippen molar-refractivity contribution in [2.75, 3.05) is 20.7 Å². The van der Waals surface area contributed by atoms with Crippen LogP contribution in [0.3, 0.4) is 0 Å². The van der Waals surface area contributed by atoms with E-state index < -0.39 is 4.92 Å². The summed E-state index contributed by atoms with van der Waals surface area (Å²) in [5, 5.41) is 10.7. The van der Waals surface area contributed by atoms with Crippen LogP contribution in [0.15, 0.2) is 18.2 Å². The van der Waals surface area contributed by atoms with Crippen molar-refractivity contribution in [1.29, 1.82) is 0 Å². The molecule has 0 fully saturated rings. The number of benzene rings is 1. The van der Waals surface area contributed by atoms with Gasteiger partial charge in [-0.15, -0.1) is 11.6 Å². The molecule has 1 aromatic carbocycles. The predicted molar refractivity (Wildman–Crippen MR) is 71.9 cm³/mol. The minimum Gasteiger partial charge on any atom is -0.490 e. The van der Waals surface area contributed by atoms with Gasteiger partial charge in [0.05, 0.1) is 12.0 Å². The molecule has 0 aliphatic rings. The predicted octanol–water partition coefficient (Wildman–Crippen LogP) is 2.30. The smallest absolute Gasteiger partial charge is 0.311 e. The number of ether oxygens (including phenoxy) is 1. The zero-order valence-electron chi connectivity index (χ0n) is 10.9. The second-order valence-electron chi connectivity index (χ2n) is 4.11. The van der Waals surface area contributed by atoms with Crippen molar-refractivity contribution < 1.29 is 14.5 Å². The van der Waals surface area contributed by atoms with Crippen LogP contribution < -0.4 is 4.74 Å². The molecule has 0 saturated carbocycles. The quantitative estimate of drug-likeness (QED) is 0.473. The van der Waals surface area contributed by atoms with E-state index in [2.05, 4.69) is 0 Å². The minimum absolute atomic E-state index is 0.120. The number of hydrogen-bond acceptors (Lipinski definition) is 4. The molecular weight excluding hydrogens is 272 g/mol. The summed E-state index contributed by atoms with van der Waals surface area (Å²) < 4.78 is 4.88. The number of methoxy groups -OCH3 is 1. The van der Waals surface area contributed by atoms with Gasteiger partial charge in [-0.05, 0) is 19.1 Å². The van der Waals surface area contributed by atoms with Crippen LogP contribution in [-0.2, 0) is 0 Å². The van der Waals surface area contributed by atoms with Crippen LogP contribution in [0.25, 0.3) is 0 Å². The highest BCUT2D eigenvalue weighted by Crippen LogP contribution is 2.27. The molecule has 0 aromatic heterocycles. The number of rotatable bonds is 5. The number of carbonyl (C=O) groups is 1. The third-order valence-electron chi connectivity index (χ3n) is 2.49. The largest absolute Gasteiger partial charge is 0.490 e. The average molecular weight is 287 g/mol. The van der Waals surface area contributed by atoms with E-state index >= 15 is 0 Å². The number of amides is 1. The van der Waals surface area contributed by atoms with E-state index in [0.717, 1.165) is 0 Å². The topological polar surface area (TPSA) is 72.7 Å². The van der Waals surface area contributed by atoms with Crippen LogP contribution >= 0.6 is 11.6 Å². The molecule has 0 aliphatic heterocycles. The molecule has 0 saturated heterocycles. The second kappa shape index (κ2) is 6.38. The minimum atomic E-state index is -0.584. The maximum Gasteiger partial charge on any atom is 0.311 e. The van der Waals surface area contributed by atoms with Gasteiger partial charge in [-0.25, -0.2) is 0 Å². The molecule has 1 aromatic rings. The van der Waals surface area contributed by atoms with Gasteiger partial charge >= 0.3 is 5.69 Å². The first-order valence-electron chi connectivity index (χ1n) is 5.58. The van der Waals surface area contributed by atoms with Gasteiger partial charge in [-0.3, -0.25) is 14.9 Å². The van der Waals surface area contributed by atoms with E-state index in [1.165, 1.54) is 30.2 Å². The van der Waals surface area contributed by atoms with Gasteiger partial charge in [0.1, 0.15) is 0 Å². The first-order valence-corrected chi connectivity index (χ1v) is 6.02. The molecule has 0 N–H and O–H groups in total. The molecule has 104 valence electrons. The molecule has 0 heterocycles. The van der Waals surface area contributed by atoms with Crippen LogP contribution in [0.1, 0.15) is 17.3 Å². The monoisotopic (exact) mass is 286 g/mol. The lowest BCUT2D eigenvalue weighted by Gasteiger charge is -2.18. The second-order valence-corrected chi connectivity index (χ2v) is 4.86. The highest BCUT2D eigenvalue weighted by atomic mass is 35.5. The zero-order valence-corrected chi connectivity index (χ0v) is 11.7. The first kappa shape index (κ1) is 15.2. The number of nitro benzene ring substituents is 1. The lowest BCUT2D eigenvalue weighted by atomic mass is 10.1. The van der Waals surface area contributed by atoms with Gasteiger partial charge in [0.15, 0.2) is 5.75 Å². The number of alkyl halides is 1. The molecule has 1 rings (SSSR count). The molecule has 1 unspecified atom stereocenters. The molecule has 0 spiro atoms. The summed E-state index contributed by atoms with van der Waals surface area (Å²) in [6.07, 6.45) is 0. The van der Waals surface area contributed by atoms with Crippen molar-refractivity contribution in [3.63, 3.8) is 0 Å². The molecule has 1 atom stereocenters. The van der Waals surface area contributed by atoms with Gasteiger partial charge in [0, 0.05) is 30.6 Å². The van der Waals surface area contributed by atoms with Crippen LogP contribution in [0, 0.1) is 10.1 Å². The van der Waals surface area contributed by atoms with Crippen LogP contribution in [0.2, 0.25) is 0 Å². The fourth-order valence-corrected chi connectivity index (χ4v) is 1.85. The number of halogens is 1. The van der Waals surface area contributed by atoms with Crippen molar-refractivity contribution in [3.05, 3.63) is 33.9 Å². The third-order valence-corrected chi connectivity index (χ3v) is 2.63. The summed E-state index contributed by atoms with van der Waals surface area (Å²) in [5.41, 5.74) is -0.00649. The SMILES string of the molecule is COc1ccc(C(=O)N(C)CC(C)Cl)cc1[N+](=O)[O-]. The van der Waals surface area contributed by atoms with Crippen LogP contribution in [0.5, 0.6) is 5.75 Å². The molecule has 19 heavy (non-hydrogen) atoms. The van der Waals surface area contributed by atoms with Gasteiger partial charge in [-0.2, -0.15) is 0 Å². The maximum atomic E-state index is 12.1. The van der Waals surface area contributed by atoms with Crippen LogP contribution in [-0.4, -0.2) is 41.8 Å². The van der Waals surface area contributed by atoms with E-state index in [1.54, 1.807) is 14.0 Å². The first-order chi connectivity index (χ1) is 8.86. The van der Waals surface area contributed by atoms with E-state index in [-0.39, 0.29) is 28.3 Å². The van der Waals surface area contributed by atoms with Gasteiger partial charge < -0.3 is 9.64 Å². The molecule has 6 nitrogen and oxygen atoms in total. The Morgan fingerprint density at radius 1 is 1.58 bits per heavy atom. The molecule has 7 heteroatoms. The summed E-state index contributed by atoms with van der Waals surface area (Å²) >= 11 is 5.81. The Bertz CT molecular complexity index is 491. The number of carbonyl (C=O) groups excluding carboxylic acids is 1. The van der Waals surface area contributed by atoms with Crippen molar-refractivity contribution >= 4 is 23.2 Å². The fraction of sp³-hybridized carbons (Fsp3) is 0.417. The maximum absolute atomic E-state index is 12.1. The zero-order chi connectivity index (χ0) is 14.6. The Balaban J connectivity index is 3.05. The normalized spacial score (nSPS) is 11.8. The Morgan fingerprint density at radius 2 is 2.21 bits per heavy atom. The molecule has 1 amide bonds. The highest BCUT2D eigenvalue weighted by molar-refractivity contribution is 6.20. The Hall–Kier alpha value is -1.82. The molecule has 0 radical (unpaired) electrons. The standard InChI is InChI=1S/C12H15ClN2O4/c1-8(13)7-14(2)12(16)9-4-5-11(19-3)10(6-9)15(17)18/h4-6,8H,7H2,1-3H3. The van der Waals surface area contributed by atoms with Crippen molar-refractivity contribution in [2.45, 2.75) is 12.3 Å². The van der Waals surface area contributed by atoms with E-state index in [9.17, 15) is 14.9 Å². The molecular formula is C12H15ClN2O4. The summed E-state index contributed by atoms with van der Waals surface area (Å²) in [5.74, 6) is -0.201. The summed E-state index contributed by atoms with van der Waals surface area (Å²) in [4.78, 5) is 23.8. The Labute approximate surface area is 116 Å². The highest BCUT2D eigenvalue weighted by Gasteiger charge is 2.20. The van der Waals surface area contributed by atoms with Crippen molar-refractivity contribution in [2.24, 2.45) is 0 Å². The van der Waals surface area contributed by atoms with E-state index in [1.807, 2.05) is 0 Å². The summed E-state index contributed by atoms with van der Waals surface area (Å²) in [6, 6.07) is 4.10. The van der Waals surface area contributed by atoms with E-state index in [4.69, 9.17) is 16.3 Å². The number of hydrogen-bond donors (Lipinski definition) is 0. The van der Waals surface area contributed by atoms with Crippen molar-refractivity contribution in [3.8, 4) is 5.75 Å². The Kier molecular flexibility index (Phi) is 5.11. The number of nitrogens with zero attached hydrogens (tertiary/aromatic N) is 2. The van der Waals surface area contributed by atoms with Crippen molar-refractivity contribution in [1.82, 2.24) is 4.90 Å². The lowest BCUT2D eigenvalue weighted by molar-refractivity contribution is -0.385. The average Bonchev–Trinajstić information content (AvgIpc) is 2.36. The Morgan fingerprint density at radius 3 is 2.68 bits per heavy atom. The third kappa shape index (κ3) is 3.82. The van der Waals surface area contributed by atoms with E-state index in [0.29, 0.717) is 6.54 Å².